The molecule has 8 nitrogen and oxygen atoms in total. The molecule has 4 aromatic rings. The molecule has 0 saturated heterocycles. The van der Waals surface area contributed by atoms with Gasteiger partial charge in [0, 0.05) is 17.2 Å². The molecule has 0 spiro atoms. The molecule has 0 aromatic heterocycles. The van der Waals surface area contributed by atoms with Crippen LogP contribution in [-0.2, 0) is 0 Å². The Hall–Kier alpha value is -4.85. The molecule has 8 heteroatoms. The molecule has 0 saturated carbocycles. The third-order valence-electron chi connectivity index (χ3n) is 5.52. The molecule has 0 unspecified atom stereocenters. The topological polar surface area (TPSA) is 108 Å². The van der Waals surface area contributed by atoms with Gasteiger partial charge in [-0.1, -0.05) is 35.9 Å². The lowest BCUT2D eigenvalue weighted by Crippen LogP contribution is -2.01. The largest absolute Gasteiger partial charge is 0.457 e. The summed E-state index contributed by atoms with van der Waals surface area (Å²) in [7, 11) is 0. The number of non-ortho nitro benzene ring substituents is 1. The Balaban J connectivity index is 1.63. The molecule has 0 heterocycles. The molecule has 166 valence electrons. The van der Waals surface area contributed by atoms with Crippen LogP contribution in [0.25, 0.3) is 11.1 Å². The van der Waals surface area contributed by atoms with E-state index in [1.54, 1.807) is 30.3 Å². The molecule has 34 heavy (non-hydrogen) atoms. The van der Waals surface area contributed by atoms with Gasteiger partial charge in [-0.25, -0.2) is 4.99 Å². The molecule has 0 aliphatic heterocycles. The fraction of sp³-hybridized carbons (Fsp3) is 0.0385. The summed E-state index contributed by atoms with van der Waals surface area (Å²) < 4.78 is 5.82. The second-order valence-corrected chi connectivity index (χ2v) is 7.82. The molecule has 0 atom stereocenters. The SMILES string of the molecule is Cc1ccc2c(c1)C(=Nc1ccc(Oc3ccccc3)cc1)c1cc([N+](=O)[O-])cc([N+](=O)[O-])c1-2. The Labute approximate surface area is 194 Å². The molecule has 0 amide bonds. The van der Waals surface area contributed by atoms with Gasteiger partial charge in [-0.05, 0) is 55.0 Å². The average Bonchev–Trinajstić information content (AvgIpc) is 3.12. The summed E-state index contributed by atoms with van der Waals surface area (Å²) in [6.45, 7) is 1.91. The number of nitro benzene ring substituents is 2. The average molecular weight is 451 g/mol. The Bertz CT molecular complexity index is 1480. The van der Waals surface area contributed by atoms with Crippen LogP contribution < -0.4 is 4.74 Å². The standard InChI is InChI=1S/C26H17N3O5/c1-16-7-12-21-22(13-16)26(23-14-18(28(30)31)15-24(25(21)23)29(32)33)27-17-8-10-20(11-9-17)34-19-5-3-2-4-6-19/h2-15H,1H3. The third kappa shape index (κ3) is 3.77. The van der Waals surface area contributed by atoms with Crippen molar-refractivity contribution in [2.45, 2.75) is 6.92 Å². The molecular formula is C26H17N3O5. The highest BCUT2D eigenvalue weighted by Gasteiger charge is 2.34. The summed E-state index contributed by atoms with van der Waals surface area (Å²) in [5.74, 6) is 1.33. The Morgan fingerprint density at radius 2 is 1.44 bits per heavy atom. The van der Waals surface area contributed by atoms with E-state index in [0.717, 1.165) is 11.6 Å². The predicted molar refractivity (Wildman–Crippen MR) is 128 cm³/mol. The van der Waals surface area contributed by atoms with Gasteiger partial charge in [0.25, 0.3) is 11.4 Å². The molecule has 0 bridgehead atoms. The highest BCUT2D eigenvalue weighted by molar-refractivity contribution is 6.26. The lowest BCUT2D eigenvalue weighted by atomic mass is 10.0. The van der Waals surface area contributed by atoms with Gasteiger partial charge in [0.15, 0.2) is 0 Å². The number of fused-ring (bicyclic) bond motifs is 3. The van der Waals surface area contributed by atoms with Gasteiger partial charge < -0.3 is 4.74 Å². The van der Waals surface area contributed by atoms with Crippen LogP contribution in [0.2, 0.25) is 0 Å². The summed E-state index contributed by atoms with van der Waals surface area (Å²) in [5.41, 5.74) is 3.36. The number of hydrogen-bond donors (Lipinski definition) is 0. The number of benzene rings is 4. The number of aryl methyl sites for hydroxylation is 1. The second-order valence-electron chi connectivity index (χ2n) is 7.82. The molecule has 1 aliphatic carbocycles. The summed E-state index contributed by atoms with van der Waals surface area (Å²) in [5, 5.41) is 23.3. The minimum absolute atomic E-state index is 0.314. The van der Waals surface area contributed by atoms with Crippen LogP contribution in [0.4, 0.5) is 17.1 Å². The van der Waals surface area contributed by atoms with Crippen molar-refractivity contribution < 1.29 is 14.6 Å². The zero-order valence-electron chi connectivity index (χ0n) is 18.0. The van der Waals surface area contributed by atoms with Crippen molar-refractivity contribution in [2.24, 2.45) is 4.99 Å². The smallest absolute Gasteiger partial charge is 0.284 e. The zero-order valence-corrected chi connectivity index (χ0v) is 18.0. The normalized spacial score (nSPS) is 12.8. The Kier molecular flexibility index (Phi) is 5.10. The maximum absolute atomic E-state index is 11.8. The van der Waals surface area contributed by atoms with E-state index in [9.17, 15) is 20.2 Å². The fourth-order valence-electron chi connectivity index (χ4n) is 4.01. The van der Waals surface area contributed by atoms with Crippen LogP contribution in [0, 0.1) is 27.2 Å². The van der Waals surface area contributed by atoms with Gasteiger partial charge in [0.05, 0.1) is 32.9 Å². The van der Waals surface area contributed by atoms with Gasteiger partial charge in [-0.2, -0.15) is 0 Å². The number of hydrogen-bond acceptors (Lipinski definition) is 6. The van der Waals surface area contributed by atoms with Crippen molar-refractivity contribution in [3.05, 3.63) is 122 Å². The van der Waals surface area contributed by atoms with Crippen molar-refractivity contribution in [1.29, 1.82) is 0 Å². The minimum Gasteiger partial charge on any atom is -0.457 e. The quantitative estimate of drug-likeness (QED) is 0.217. The van der Waals surface area contributed by atoms with Crippen LogP contribution in [-0.4, -0.2) is 15.6 Å². The second kappa shape index (κ2) is 8.25. The van der Waals surface area contributed by atoms with E-state index in [0.29, 0.717) is 45.2 Å². The van der Waals surface area contributed by atoms with Crippen LogP contribution >= 0.6 is 0 Å². The summed E-state index contributed by atoms with van der Waals surface area (Å²) in [6.07, 6.45) is 0. The highest BCUT2D eigenvalue weighted by Crippen LogP contribution is 2.45. The predicted octanol–water partition coefficient (Wildman–Crippen LogP) is 6.75. The van der Waals surface area contributed by atoms with Crippen molar-refractivity contribution >= 4 is 22.8 Å². The first-order valence-electron chi connectivity index (χ1n) is 10.4. The first kappa shape index (κ1) is 21.0. The van der Waals surface area contributed by atoms with Gasteiger partial charge in [-0.3, -0.25) is 20.2 Å². The summed E-state index contributed by atoms with van der Waals surface area (Å²) >= 11 is 0. The van der Waals surface area contributed by atoms with E-state index >= 15 is 0 Å². The van der Waals surface area contributed by atoms with Gasteiger partial charge in [-0.15, -0.1) is 0 Å². The van der Waals surface area contributed by atoms with E-state index in [1.807, 2.05) is 49.4 Å². The molecule has 1 aliphatic rings. The number of rotatable bonds is 5. The van der Waals surface area contributed by atoms with Crippen LogP contribution in [0.3, 0.4) is 0 Å². The molecule has 5 rings (SSSR count). The summed E-state index contributed by atoms with van der Waals surface area (Å²) in [4.78, 5) is 26.8. The minimum atomic E-state index is -0.630. The lowest BCUT2D eigenvalue weighted by molar-refractivity contribution is -0.393. The van der Waals surface area contributed by atoms with Crippen LogP contribution in [0.15, 0.2) is 89.9 Å². The Morgan fingerprint density at radius 1 is 0.735 bits per heavy atom. The molecule has 4 aromatic carbocycles. The summed E-state index contributed by atoms with van der Waals surface area (Å²) in [6, 6.07) is 24.3. The monoisotopic (exact) mass is 451 g/mol. The molecule has 0 fully saturated rings. The first-order chi connectivity index (χ1) is 16.4. The van der Waals surface area contributed by atoms with Crippen LogP contribution in [0.1, 0.15) is 16.7 Å². The Morgan fingerprint density at radius 3 is 2.12 bits per heavy atom. The van der Waals surface area contributed by atoms with Crippen LogP contribution in [0.5, 0.6) is 11.5 Å². The molecule has 0 radical (unpaired) electrons. The van der Waals surface area contributed by atoms with Gasteiger partial charge in [0.2, 0.25) is 0 Å². The van der Waals surface area contributed by atoms with E-state index in [2.05, 4.69) is 0 Å². The van der Waals surface area contributed by atoms with Crippen molar-refractivity contribution in [3.8, 4) is 22.6 Å². The number of ether oxygens (including phenoxy) is 1. The van der Waals surface area contributed by atoms with Gasteiger partial charge in [0.1, 0.15) is 11.5 Å². The lowest BCUT2D eigenvalue weighted by Gasteiger charge is -2.06. The van der Waals surface area contributed by atoms with E-state index < -0.39 is 9.85 Å². The maximum Gasteiger partial charge on any atom is 0.284 e. The van der Waals surface area contributed by atoms with Crippen molar-refractivity contribution in [1.82, 2.24) is 0 Å². The van der Waals surface area contributed by atoms with Crippen molar-refractivity contribution in [2.75, 3.05) is 0 Å². The van der Waals surface area contributed by atoms with E-state index in [4.69, 9.17) is 9.73 Å². The number of nitro groups is 2. The number of nitrogens with zero attached hydrogens (tertiary/aromatic N) is 3. The zero-order chi connectivity index (χ0) is 23.8. The highest BCUT2D eigenvalue weighted by atomic mass is 16.6. The van der Waals surface area contributed by atoms with Crippen molar-refractivity contribution in [3.63, 3.8) is 0 Å². The van der Waals surface area contributed by atoms with E-state index in [1.165, 1.54) is 6.07 Å². The van der Waals surface area contributed by atoms with Gasteiger partial charge >= 0.3 is 0 Å². The fourth-order valence-corrected chi connectivity index (χ4v) is 4.01. The molecule has 0 N–H and O–H groups in total. The molecular weight excluding hydrogens is 434 g/mol. The number of para-hydroxylation sites is 1. The first-order valence-corrected chi connectivity index (χ1v) is 10.4. The number of aliphatic imine (C=N–C) groups is 1. The maximum atomic E-state index is 11.8. The third-order valence-corrected chi connectivity index (χ3v) is 5.52. The van der Waals surface area contributed by atoms with E-state index in [-0.39, 0.29) is 11.4 Å².